The smallest absolute Gasteiger partial charge is 0.264 e. The average Bonchev–Trinajstić information content (AvgIpc) is 2.64. The van der Waals surface area contributed by atoms with Gasteiger partial charge in [0.1, 0.15) is 0 Å². The number of nitrogens with zero attached hydrogens (tertiary/aromatic N) is 2. The van der Waals surface area contributed by atoms with Crippen LogP contribution in [0.5, 0.6) is 0 Å². The standard InChI is InChI=1S/C12H18Br2N2OS/c1-4-5-16(7-6-15(2)3)12(17)10-8-9(13)11(14)18-10/h8H,4-7H2,1-3H3. The summed E-state index contributed by atoms with van der Waals surface area (Å²) in [5.74, 6) is 0.120. The number of likely N-dealkylation sites (N-methyl/N-ethyl adjacent to an activating group) is 1. The van der Waals surface area contributed by atoms with Crippen molar-refractivity contribution < 1.29 is 4.79 Å². The van der Waals surface area contributed by atoms with Crippen molar-refractivity contribution in [1.29, 1.82) is 0 Å². The number of thiophene rings is 1. The second-order valence-corrected chi connectivity index (χ2v) is 7.55. The van der Waals surface area contributed by atoms with Gasteiger partial charge in [0, 0.05) is 24.1 Å². The predicted octanol–water partition coefficient (Wildman–Crippen LogP) is 3.69. The fourth-order valence-corrected chi connectivity index (χ4v) is 3.52. The van der Waals surface area contributed by atoms with E-state index >= 15 is 0 Å². The molecule has 0 saturated heterocycles. The molecular formula is C12H18Br2N2OS. The number of hydrogen-bond acceptors (Lipinski definition) is 3. The monoisotopic (exact) mass is 396 g/mol. The lowest BCUT2D eigenvalue weighted by Crippen LogP contribution is -2.36. The minimum absolute atomic E-state index is 0.120. The zero-order valence-electron chi connectivity index (χ0n) is 10.9. The largest absolute Gasteiger partial charge is 0.337 e. The second-order valence-electron chi connectivity index (χ2n) is 4.33. The minimum atomic E-state index is 0.120. The minimum Gasteiger partial charge on any atom is -0.337 e. The van der Waals surface area contributed by atoms with E-state index in [4.69, 9.17) is 0 Å². The maximum atomic E-state index is 12.4. The van der Waals surface area contributed by atoms with E-state index in [1.54, 1.807) is 0 Å². The molecule has 1 heterocycles. The van der Waals surface area contributed by atoms with Crippen LogP contribution in [0.3, 0.4) is 0 Å². The Bertz CT molecular complexity index is 387. The summed E-state index contributed by atoms with van der Waals surface area (Å²) in [5.41, 5.74) is 0. The van der Waals surface area contributed by atoms with Crippen LogP contribution < -0.4 is 0 Å². The average molecular weight is 398 g/mol. The normalized spacial score (nSPS) is 11.0. The van der Waals surface area contributed by atoms with Crippen LogP contribution in [0.25, 0.3) is 0 Å². The summed E-state index contributed by atoms with van der Waals surface area (Å²) < 4.78 is 1.91. The van der Waals surface area contributed by atoms with E-state index in [1.807, 2.05) is 25.1 Å². The number of carbonyl (C=O) groups is 1. The van der Waals surface area contributed by atoms with Gasteiger partial charge in [-0.15, -0.1) is 11.3 Å². The molecule has 0 bridgehead atoms. The van der Waals surface area contributed by atoms with Gasteiger partial charge in [0.2, 0.25) is 0 Å². The Kier molecular flexibility index (Phi) is 6.84. The summed E-state index contributed by atoms with van der Waals surface area (Å²) >= 11 is 8.32. The van der Waals surface area contributed by atoms with Crippen molar-refractivity contribution in [1.82, 2.24) is 9.80 Å². The molecule has 0 spiro atoms. The van der Waals surface area contributed by atoms with Crippen LogP contribution in [0.4, 0.5) is 0 Å². The van der Waals surface area contributed by atoms with E-state index in [2.05, 4.69) is 43.7 Å². The van der Waals surface area contributed by atoms with Crippen molar-refractivity contribution in [3.63, 3.8) is 0 Å². The van der Waals surface area contributed by atoms with E-state index in [-0.39, 0.29) is 5.91 Å². The van der Waals surface area contributed by atoms with Crippen molar-refractivity contribution in [2.45, 2.75) is 13.3 Å². The molecule has 0 radical (unpaired) electrons. The van der Waals surface area contributed by atoms with Gasteiger partial charge >= 0.3 is 0 Å². The van der Waals surface area contributed by atoms with E-state index < -0.39 is 0 Å². The first kappa shape index (κ1) is 16.1. The SMILES string of the molecule is CCCN(CCN(C)C)C(=O)c1cc(Br)c(Br)s1. The van der Waals surface area contributed by atoms with Gasteiger partial charge in [-0.3, -0.25) is 4.79 Å². The number of rotatable bonds is 6. The highest BCUT2D eigenvalue weighted by atomic mass is 79.9. The van der Waals surface area contributed by atoms with E-state index in [0.717, 1.165) is 39.2 Å². The van der Waals surface area contributed by atoms with Gasteiger partial charge in [0.05, 0.1) is 8.66 Å². The first-order chi connectivity index (χ1) is 8.45. The van der Waals surface area contributed by atoms with Crippen LogP contribution in [-0.4, -0.2) is 49.4 Å². The van der Waals surface area contributed by atoms with Gasteiger partial charge in [-0.1, -0.05) is 6.92 Å². The van der Waals surface area contributed by atoms with Gasteiger partial charge in [-0.05, 0) is 58.4 Å². The summed E-state index contributed by atoms with van der Waals surface area (Å²) in [7, 11) is 4.04. The molecule has 0 aromatic carbocycles. The summed E-state index contributed by atoms with van der Waals surface area (Å²) in [4.78, 5) is 17.2. The topological polar surface area (TPSA) is 23.6 Å². The summed E-state index contributed by atoms with van der Waals surface area (Å²) in [5, 5.41) is 0. The maximum absolute atomic E-state index is 12.4. The Balaban J connectivity index is 2.75. The number of halogens is 2. The molecule has 6 heteroatoms. The summed E-state index contributed by atoms with van der Waals surface area (Å²) in [6.45, 7) is 4.56. The highest BCUT2D eigenvalue weighted by Crippen LogP contribution is 2.32. The maximum Gasteiger partial charge on any atom is 0.264 e. The summed E-state index contributed by atoms with van der Waals surface area (Å²) in [6, 6.07) is 1.88. The van der Waals surface area contributed by atoms with E-state index in [0.29, 0.717) is 0 Å². The number of hydrogen-bond donors (Lipinski definition) is 0. The molecule has 102 valence electrons. The van der Waals surface area contributed by atoms with Crippen LogP contribution in [0.1, 0.15) is 23.0 Å². The molecule has 0 aliphatic heterocycles. The first-order valence-corrected chi connectivity index (χ1v) is 8.24. The molecule has 18 heavy (non-hydrogen) atoms. The zero-order chi connectivity index (χ0) is 13.7. The Labute approximate surface area is 129 Å². The van der Waals surface area contributed by atoms with Crippen LogP contribution in [0, 0.1) is 0 Å². The molecule has 1 aromatic rings. The van der Waals surface area contributed by atoms with Crippen LogP contribution in [0.2, 0.25) is 0 Å². The molecule has 0 saturated carbocycles. The molecule has 1 aromatic heterocycles. The first-order valence-electron chi connectivity index (χ1n) is 5.84. The van der Waals surface area contributed by atoms with Gasteiger partial charge in [0.25, 0.3) is 5.91 Å². The number of amides is 1. The van der Waals surface area contributed by atoms with Gasteiger partial charge in [-0.25, -0.2) is 0 Å². The van der Waals surface area contributed by atoms with Crippen LogP contribution in [0.15, 0.2) is 14.3 Å². The lowest BCUT2D eigenvalue weighted by molar-refractivity contribution is 0.0750. The lowest BCUT2D eigenvalue weighted by Gasteiger charge is -2.23. The second kappa shape index (κ2) is 7.62. The number of carbonyl (C=O) groups excluding carboxylic acids is 1. The van der Waals surface area contributed by atoms with E-state index in [9.17, 15) is 4.79 Å². The van der Waals surface area contributed by atoms with Gasteiger partial charge in [-0.2, -0.15) is 0 Å². The highest BCUT2D eigenvalue weighted by molar-refractivity contribution is 9.13. The third-order valence-electron chi connectivity index (χ3n) is 2.45. The van der Waals surface area contributed by atoms with Gasteiger partial charge in [0.15, 0.2) is 0 Å². The van der Waals surface area contributed by atoms with Crippen molar-refractivity contribution in [2.75, 3.05) is 33.7 Å². The molecule has 1 amide bonds. The van der Waals surface area contributed by atoms with Gasteiger partial charge < -0.3 is 9.80 Å². The van der Waals surface area contributed by atoms with Crippen LogP contribution >= 0.6 is 43.2 Å². The molecule has 0 N–H and O–H groups in total. The fourth-order valence-electron chi connectivity index (χ4n) is 1.51. The molecule has 0 unspecified atom stereocenters. The molecule has 0 aliphatic carbocycles. The third-order valence-corrected chi connectivity index (χ3v) is 5.70. The molecule has 0 atom stereocenters. The molecule has 1 rings (SSSR count). The highest BCUT2D eigenvalue weighted by Gasteiger charge is 2.18. The van der Waals surface area contributed by atoms with E-state index in [1.165, 1.54) is 11.3 Å². The molecule has 0 aliphatic rings. The van der Waals surface area contributed by atoms with Crippen molar-refractivity contribution in [2.24, 2.45) is 0 Å². The van der Waals surface area contributed by atoms with Crippen molar-refractivity contribution in [3.05, 3.63) is 19.2 Å². The quantitative estimate of drug-likeness (QED) is 0.730. The Morgan fingerprint density at radius 1 is 1.28 bits per heavy atom. The zero-order valence-corrected chi connectivity index (χ0v) is 14.9. The molecule has 3 nitrogen and oxygen atoms in total. The van der Waals surface area contributed by atoms with Crippen LogP contribution in [-0.2, 0) is 0 Å². The Morgan fingerprint density at radius 2 is 1.94 bits per heavy atom. The third kappa shape index (κ3) is 4.64. The lowest BCUT2D eigenvalue weighted by atomic mass is 10.3. The Morgan fingerprint density at radius 3 is 2.39 bits per heavy atom. The van der Waals surface area contributed by atoms with Crippen molar-refractivity contribution in [3.8, 4) is 0 Å². The van der Waals surface area contributed by atoms with Crippen molar-refractivity contribution >= 4 is 49.1 Å². The molecule has 0 fully saturated rings. The fraction of sp³-hybridized carbons (Fsp3) is 0.583. The Hall–Kier alpha value is 0.0900. The summed E-state index contributed by atoms with van der Waals surface area (Å²) in [6.07, 6.45) is 0.979. The predicted molar refractivity (Wildman–Crippen MR) is 84.5 cm³/mol. The molecular weight excluding hydrogens is 380 g/mol.